The number of fused-ring (bicyclic) bond motifs is 3. The first-order valence-corrected chi connectivity index (χ1v) is 24.1. The molecule has 8 aromatic carbocycles. The van der Waals surface area contributed by atoms with Crippen LogP contribution in [0.5, 0.6) is 0 Å². The molecule has 0 bridgehead atoms. The standard InChI is InChI=1S/C67H52N2/c1-3-20-48(21-4-2)55-45-56(50-24-10-6-11-25-50)47-57(46-55)52-38-42-60(43-39-52)68(59-40-36-51(37-41-59)49-22-8-5-9-23-49)64-33-16-14-30-61(64)53-26-18-27-54(44-53)62-32-19-35-66-67(62)63-31-15-17-34-65(63)69(66)58-28-12-7-13-29-58/h1,4-12,14-28,30-40,42-47,59H,13,29,41H2,2H3/b21-4-,48-20+. The maximum atomic E-state index is 5.85. The highest BCUT2D eigenvalue weighted by Crippen LogP contribution is 2.44. The van der Waals surface area contributed by atoms with Crippen molar-refractivity contribution in [3.05, 3.63) is 260 Å². The summed E-state index contributed by atoms with van der Waals surface area (Å²) in [5.74, 6) is 2.77. The van der Waals surface area contributed by atoms with Crippen LogP contribution in [0.1, 0.15) is 37.3 Å². The van der Waals surface area contributed by atoms with Crippen LogP contribution in [-0.2, 0) is 0 Å². The first-order chi connectivity index (χ1) is 34.1. The molecule has 1 heterocycles. The number of allylic oxidation sites excluding steroid dienone is 10. The highest BCUT2D eigenvalue weighted by molar-refractivity contribution is 6.16. The van der Waals surface area contributed by atoms with E-state index in [1.54, 1.807) is 0 Å². The van der Waals surface area contributed by atoms with Gasteiger partial charge in [-0.05, 0) is 154 Å². The third-order valence-electron chi connectivity index (χ3n) is 13.6. The Kier molecular flexibility index (Phi) is 12.0. The molecule has 11 rings (SSSR count). The molecule has 1 unspecified atom stereocenters. The van der Waals surface area contributed by atoms with Gasteiger partial charge in [-0.2, -0.15) is 0 Å². The van der Waals surface area contributed by atoms with Gasteiger partial charge in [-0.1, -0.05) is 188 Å². The zero-order valence-corrected chi connectivity index (χ0v) is 38.8. The minimum Gasteiger partial charge on any atom is -0.334 e. The number of anilines is 2. The molecule has 1 aromatic heterocycles. The lowest BCUT2D eigenvalue weighted by atomic mass is 9.92. The van der Waals surface area contributed by atoms with E-state index >= 15 is 0 Å². The van der Waals surface area contributed by atoms with Gasteiger partial charge in [0.25, 0.3) is 0 Å². The highest BCUT2D eigenvalue weighted by Gasteiger charge is 2.24. The van der Waals surface area contributed by atoms with Crippen LogP contribution in [0.25, 0.3) is 83.2 Å². The number of nitrogens with zero attached hydrogens (tertiary/aromatic N) is 2. The zero-order valence-electron chi connectivity index (χ0n) is 38.8. The number of hydrogen-bond acceptors (Lipinski definition) is 1. The smallest absolute Gasteiger partial charge is 0.0560 e. The quantitative estimate of drug-likeness (QED) is 0.0928. The minimum atomic E-state index is 0.0711. The third kappa shape index (κ3) is 8.52. The average Bonchev–Trinajstić information content (AvgIpc) is 3.77. The molecule has 0 radical (unpaired) electrons. The Morgan fingerprint density at radius 1 is 0.623 bits per heavy atom. The van der Waals surface area contributed by atoms with E-state index < -0.39 is 0 Å². The third-order valence-corrected chi connectivity index (χ3v) is 13.6. The summed E-state index contributed by atoms with van der Waals surface area (Å²) in [6, 6.07) is 71.0. The second kappa shape index (κ2) is 19.3. The lowest BCUT2D eigenvalue weighted by Gasteiger charge is -2.35. The summed E-state index contributed by atoms with van der Waals surface area (Å²) >= 11 is 0. The molecular weight excluding hydrogens is 833 g/mol. The fourth-order valence-electron chi connectivity index (χ4n) is 10.4. The van der Waals surface area contributed by atoms with Crippen LogP contribution in [0.2, 0.25) is 0 Å². The first-order valence-electron chi connectivity index (χ1n) is 24.1. The molecule has 69 heavy (non-hydrogen) atoms. The molecule has 330 valence electrons. The van der Waals surface area contributed by atoms with Gasteiger partial charge in [0, 0.05) is 33.4 Å². The molecule has 0 saturated carbocycles. The molecule has 0 amide bonds. The molecule has 0 N–H and O–H groups in total. The van der Waals surface area contributed by atoms with Gasteiger partial charge in [-0.3, -0.25) is 0 Å². The van der Waals surface area contributed by atoms with E-state index in [9.17, 15) is 0 Å². The number of aromatic nitrogens is 1. The van der Waals surface area contributed by atoms with Gasteiger partial charge in [-0.15, -0.1) is 6.42 Å². The van der Waals surface area contributed by atoms with Crippen LogP contribution in [0.15, 0.2) is 249 Å². The van der Waals surface area contributed by atoms with Gasteiger partial charge in [0.05, 0.1) is 17.1 Å². The Morgan fingerprint density at radius 3 is 1.99 bits per heavy atom. The van der Waals surface area contributed by atoms with Gasteiger partial charge >= 0.3 is 0 Å². The van der Waals surface area contributed by atoms with Gasteiger partial charge in [0.1, 0.15) is 0 Å². The summed E-state index contributed by atoms with van der Waals surface area (Å²) in [6.07, 6.45) is 28.6. The molecule has 9 aromatic rings. The van der Waals surface area contributed by atoms with Gasteiger partial charge in [0.15, 0.2) is 0 Å². The summed E-state index contributed by atoms with van der Waals surface area (Å²) in [5.41, 5.74) is 20.0. The monoisotopic (exact) mass is 884 g/mol. The molecule has 0 saturated heterocycles. The van der Waals surface area contributed by atoms with Crippen molar-refractivity contribution in [1.82, 2.24) is 4.57 Å². The van der Waals surface area contributed by atoms with Crippen molar-refractivity contribution < 1.29 is 0 Å². The van der Waals surface area contributed by atoms with Crippen molar-refractivity contribution in [2.24, 2.45) is 0 Å². The van der Waals surface area contributed by atoms with E-state index in [0.717, 1.165) is 64.0 Å². The molecule has 1 atom stereocenters. The Bertz CT molecular complexity index is 3580. The lowest BCUT2D eigenvalue weighted by molar-refractivity contribution is 0.788. The number of rotatable bonds is 11. The van der Waals surface area contributed by atoms with E-state index in [2.05, 4.69) is 252 Å². The summed E-state index contributed by atoms with van der Waals surface area (Å²) in [5, 5.41) is 2.56. The summed E-state index contributed by atoms with van der Waals surface area (Å²) in [7, 11) is 0. The van der Waals surface area contributed by atoms with E-state index in [0.29, 0.717) is 0 Å². The van der Waals surface area contributed by atoms with Crippen molar-refractivity contribution in [3.8, 4) is 56.9 Å². The highest BCUT2D eigenvalue weighted by atomic mass is 15.2. The van der Waals surface area contributed by atoms with Crippen LogP contribution in [-0.4, -0.2) is 10.6 Å². The van der Waals surface area contributed by atoms with Gasteiger partial charge < -0.3 is 9.47 Å². The average molecular weight is 885 g/mol. The SMILES string of the molecule is C#C/C=C(\C=C/C)c1cc(-c2ccccc2)cc(-c2ccc(N(c3ccccc3-c3cccc(-c4cccc5c4c4ccccc4n5C4=CC=CCC4)c3)C3C=CC(c4ccccc4)=CC3)cc2)c1. The van der Waals surface area contributed by atoms with Crippen LogP contribution >= 0.6 is 0 Å². The largest absolute Gasteiger partial charge is 0.334 e. The lowest BCUT2D eigenvalue weighted by Crippen LogP contribution is -2.30. The van der Waals surface area contributed by atoms with Gasteiger partial charge in [-0.25, -0.2) is 0 Å². The Hall–Kier alpha value is -8.64. The van der Waals surface area contributed by atoms with E-state index in [4.69, 9.17) is 6.42 Å². The molecule has 0 spiro atoms. The maximum Gasteiger partial charge on any atom is 0.0560 e. The van der Waals surface area contributed by atoms with E-state index in [1.165, 1.54) is 60.9 Å². The van der Waals surface area contributed by atoms with Gasteiger partial charge in [0.2, 0.25) is 0 Å². The molecule has 2 aliphatic carbocycles. The number of benzene rings is 8. The maximum absolute atomic E-state index is 5.85. The molecule has 0 aliphatic heterocycles. The number of hydrogen-bond donors (Lipinski definition) is 0. The van der Waals surface area contributed by atoms with Crippen molar-refractivity contribution in [2.45, 2.75) is 32.2 Å². The van der Waals surface area contributed by atoms with Crippen LogP contribution < -0.4 is 4.90 Å². The predicted molar refractivity (Wildman–Crippen MR) is 296 cm³/mol. The predicted octanol–water partition coefficient (Wildman–Crippen LogP) is 17.8. The van der Waals surface area contributed by atoms with Crippen molar-refractivity contribution in [3.63, 3.8) is 0 Å². The second-order valence-electron chi connectivity index (χ2n) is 17.8. The first kappa shape index (κ1) is 43.0. The van der Waals surface area contributed by atoms with Crippen molar-refractivity contribution in [2.75, 3.05) is 4.90 Å². The molecule has 2 heteroatoms. The van der Waals surface area contributed by atoms with Crippen molar-refractivity contribution in [1.29, 1.82) is 0 Å². The fourth-order valence-corrected chi connectivity index (χ4v) is 10.4. The normalized spacial score (nSPS) is 14.8. The molecule has 0 fully saturated rings. The van der Waals surface area contributed by atoms with Crippen LogP contribution in [0, 0.1) is 12.3 Å². The van der Waals surface area contributed by atoms with E-state index in [1.807, 2.05) is 19.1 Å². The van der Waals surface area contributed by atoms with Crippen LogP contribution in [0.4, 0.5) is 11.4 Å². The van der Waals surface area contributed by atoms with E-state index in [-0.39, 0.29) is 6.04 Å². The summed E-state index contributed by atoms with van der Waals surface area (Å²) in [6.45, 7) is 2.03. The number of terminal acetylenes is 1. The number of para-hydroxylation sites is 2. The molecular formula is C67H52N2. The summed E-state index contributed by atoms with van der Waals surface area (Å²) < 4.78 is 2.48. The zero-order chi connectivity index (χ0) is 46.5. The second-order valence-corrected chi connectivity index (χ2v) is 17.8. The Morgan fingerprint density at radius 2 is 1.26 bits per heavy atom. The van der Waals surface area contributed by atoms with Crippen LogP contribution in [0.3, 0.4) is 0 Å². The molecule has 2 nitrogen and oxygen atoms in total. The fraction of sp³-hybridized carbons (Fsp3) is 0.0746. The Labute approximate surface area is 406 Å². The topological polar surface area (TPSA) is 8.17 Å². The summed E-state index contributed by atoms with van der Waals surface area (Å²) in [4.78, 5) is 2.53. The minimum absolute atomic E-state index is 0.0711. The molecule has 2 aliphatic rings. The van der Waals surface area contributed by atoms with Crippen molar-refractivity contribution >= 4 is 50.0 Å². The Balaban J connectivity index is 1.02.